The molecule has 130 valence electrons. The Morgan fingerprint density at radius 3 is 2.71 bits per heavy atom. The summed E-state index contributed by atoms with van der Waals surface area (Å²) in [5.41, 5.74) is 2.18. The fourth-order valence-electron chi connectivity index (χ4n) is 2.13. The summed E-state index contributed by atoms with van der Waals surface area (Å²) in [6.07, 6.45) is 3.57. The summed E-state index contributed by atoms with van der Waals surface area (Å²) in [7, 11) is 4.17. The van der Waals surface area contributed by atoms with Crippen LogP contribution in [0.5, 0.6) is 5.75 Å². The first-order valence-electron chi connectivity index (χ1n) is 8.07. The molecular formula is C19H26ClN3O. The highest BCUT2D eigenvalue weighted by Crippen LogP contribution is 2.24. The molecule has 0 spiro atoms. The quantitative estimate of drug-likeness (QED) is 0.789. The lowest BCUT2D eigenvalue weighted by Crippen LogP contribution is -2.46. The first kappa shape index (κ1) is 18.7. The van der Waals surface area contributed by atoms with Gasteiger partial charge in [0.25, 0.3) is 0 Å². The van der Waals surface area contributed by atoms with Crippen molar-refractivity contribution >= 4 is 11.6 Å². The summed E-state index contributed by atoms with van der Waals surface area (Å²) in [5.74, 6) is 0.846. The van der Waals surface area contributed by atoms with Gasteiger partial charge in [-0.05, 0) is 52.2 Å². The van der Waals surface area contributed by atoms with E-state index >= 15 is 0 Å². The first-order chi connectivity index (χ1) is 11.4. The van der Waals surface area contributed by atoms with E-state index in [9.17, 15) is 0 Å². The minimum atomic E-state index is 0.0787. The summed E-state index contributed by atoms with van der Waals surface area (Å²) < 4.78 is 5.96. The van der Waals surface area contributed by atoms with Crippen molar-refractivity contribution in [2.45, 2.75) is 32.5 Å². The zero-order valence-electron chi connectivity index (χ0n) is 14.8. The van der Waals surface area contributed by atoms with Crippen LogP contribution < -0.4 is 10.1 Å². The molecule has 0 unspecified atom stereocenters. The van der Waals surface area contributed by atoms with Gasteiger partial charge >= 0.3 is 0 Å². The van der Waals surface area contributed by atoms with Crippen molar-refractivity contribution in [3.8, 4) is 5.75 Å². The third-order valence-electron chi connectivity index (χ3n) is 4.22. The molecule has 0 aliphatic carbocycles. The van der Waals surface area contributed by atoms with Crippen LogP contribution in [-0.4, -0.2) is 36.1 Å². The summed E-state index contributed by atoms with van der Waals surface area (Å²) >= 11 is 6.15. The Morgan fingerprint density at radius 1 is 1.25 bits per heavy atom. The third kappa shape index (κ3) is 5.48. The molecule has 0 fully saturated rings. The maximum Gasteiger partial charge on any atom is 0.124 e. The molecule has 0 aliphatic rings. The average Bonchev–Trinajstić information content (AvgIpc) is 2.55. The number of pyridine rings is 1. The van der Waals surface area contributed by atoms with Gasteiger partial charge in [-0.15, -0.1) is 0 Å². The van der Waals surface area contributed by atoms with Crippen LogP contribution in [0.2, 0.25) is 5.02 Å². The number of hydrogen-bond acceptors (Lipinski definition) is 4. The molecular weight excluding hydrogens is 322 g/mol. The fraction of sp³-hybridized carbons (Fsp3) is 0.421. The van der Waals surface area contributed by atoms with Crippen LogP contribution in [-0.2, 0) is 13.2 Å². The summed E-state index contributed by atoms with van der Waals surface area (Å²) in [6.45, 7) is 6.48. The van der Waals surface area contributed by atoms with E-state index in [4.69, 9.17) is 16.3 Å². The van der Waals surface area contributed by atoms with E-state index in [0.29, 0.717) is 18.2 Å². The Hall–Kier alpha value is -1.62. The average molecular weight is 348 g/mol. The highest BCUT2D eigenvalue weighted by Gasteiger charge is 2.19. The number of likely N-dealkylation sites (N-methyl/N-ethyl adjacent to an activating group) is 1. The molecule has 0 saturated heterocycles. The van der Waals surface area contributed by atoms with Gasteiger partial charge in [-0.2, -0.15) is 0 Å². The molecule has 0 aliphatic heterocycles. The van der Waals surface area contributed by atoms with Crippen LogP contribution in [0.15, 0.2) is 42.7 Å². The summed E-state index contributed by atoms with van der Waals surface area (Å²) in [6, 6.07) is 9.64. The van der Waals surface area contributed by atoms with Gasteiger partial charge in [0.2, 0.25) is 0 Å². The minimum Gasteiger partial charge on any atom is -0.489 e. The van der Waals surface area contributed by atoms with E-state index in [2.05, 4.69) is 43.1 Å². The van der Waals surface area contributed by atoms with Crippen molar-refractivity contribution in [3.05, 3.63) is 58.9 Å². The fourth-order valence-corrected chi connectivity index (χ4v) is 2.33. The number of nitrogens with one attached hydrogen (secondary N) is 1. The van der Waals surface area contributed by atoms with Crippen molar-refractivity contribution in [2.24, 2.45) is 0 Å². The number of benzene rings is 1. The summed E-state index contributed by atoms with van der Waals surface area (Å²) in [4.78, 5) is 6.31. The predicted octanol–water partition coefficient (Wildman–Crippen LogP) is 3.74. The van der Waals surface area contributed by atoms with E-state index < -0.39 is 0 Å². The van der Waals surface area contributed by atoms with Crippen LogP contribution in [0.3, 0.4) is 0 Å². The SMILES string of the molecule is CN(C)C(C)(C)CNCc1cc(Cl)ccc1OCc1cccnc1. The molecule has 24 heavy (non-hydrogen) atoms. The van der Waals surface area contributed by atoms with E-state index in [1.165, 1.54) is 0 Å². The number of rotatable bonds is 8. The molecule has 1 aromatic carbocycles. The van der Waals surface area contributed by atoms with Crippen LogP contribution in [0, 0.1) is 0 Å². The maximum absolute atomic E-state index is 6.15. The second-order valence-electron chi connectivity index (χ2n) is 6.71. The number of aromatic nitrogens is 1. The second-order valence-corrected chi connectivity index (χ2v) is 7.15. The first-order valence-corrected chi connectivity index (χ1v) is 8.44. The lowest BCUT2D eigenvalue weighted by molar-refractivity contribution is 0.189. The molecule has 0 saturated carbocycles. The molecule has 2 rings (SSSR count). The molecule has 0 radical (unpaired) electrons. The van der Waals surface area contributed by atoms with Gasteiger partial charge < -0.3 is 15.0 Å². The highest BCUT2D eigenvalue weighted by molar-refractivity contribution is 6.30. The van der Waals surface area contributed by atoms with Gasteiger partial charge in [0.1, 0.15) is 12.4 Å². The normalized spacial score (nSPS) is 11.8. The van der Waals surface area contributed by atoms with Gasteiger partial charge in [-0.3, -0.25) is 4.98 Å². The van der Waals surface area contributed by atoms with E-state index in [1.54, 1.807) is 6.20 Å². The molecule has 0 atom stereocenters. The minimum absolute atomic E-state index is 0.0787. The molecule has 5 heteroatoms. The summed E-state index contributed by atoms with van der Waals surface area (Å²) in [5, 5.41) is 4.21. The zero-order valence-corrected chi connectivity index (χ0v) is 15.6. The maximum atomic E-state index is 6.15. The largest absolute Gasteiger partial charge is 0.489 e. The third-order valence-corrected chi connectivity index (χ3v) is 4.46. The van der Waals surface area contributed by atoms with Crippen LogP contribution in [0.25, 0.3) is 0 Å². The van der Waals surface area contributed by atoms with Gasteiger partial charge in [0, 0.05) is 47.2 Å². The van der Waals surface area contributed by atoms with Crippen molar-refractivity contribution in [1.29, 1.82) is 0 Å². The molecule has 1 N–H and O–H groups in total. The topological polar surface area (TPSA) is 37.4 Å². The van der Waals surface area contributed by atoms with Gasteiger partial charge in [-0.25, -0.2) is 0 Å². The molecule has 4 nitrogen and oxygen atoms in total. The number of halogens is 1. The Kier molecular flexibility index (Phi) is 6.60. The highest BCUT2D eigenvalue weighted by atomic mass is 35.5. The lowest BCUT2D eigenvalue weighted by Gasteiger charge is -2.32. The van der Waals surface area contributed by atoms with Crippen molar-refractivity contribution in [1.82, 2.24) is 15.2 Å². The van der Waals surface area contributed by atoms with E-state index in [1.807, 2.05) is 36.5 Å². The van der Waals surface area contributed by atoms with E-state index in [0.717, 1.165) is 23.4 Å². The molecule has 0 amide bonds. The Balaban J connectivity index is 1.99. The smallest absolute Gasteiger partial charge is 0.124 e. The van der Waals surface area contributed by atoms with Crippen molar-refractivity contribution < 1.29 is 4.74 Å². The number of hydrogen-bond donors (Lipinski definition) is 1. The van der Waals surface area contributed by atoms with Crippen molar-refractivity contribution in [2.75, 3.05) is 20.6 Å². The molecule has 2 aromatic rings. The second kappa shape index (κ2) is 8.47. The lowest BCUT2D eigenvalue weighted by atomic mass is 10.0. The Labute approximate surface area is 149 Å². The number of ether oxygens (including phenoxy) is 1. The Bertz CT molecular complexity index is 644. The standard InChI is InChI=1S/C19H26ClN3O/c1-19(2,23(3)4)14-22-12-16-10-17(20)7-8-18(16)24-13-15-6-5-9-21-11-15/h5-11,22H,12-14H2,1-4H3. The van der Waals surface area contributed by atoms with Crippen LogP contribution in [0.1, 0.15) is 25.0 Å². The monoisotopic (exact) mass is 347 g/mol. The Morgan fingerprint density at radius 2 is 2.04 bits per heavy atom. The molecule has 1 aromatic heterocycles. The zero-order chi connectivity index (χ0) is 17.6. The van der Waals surface area contributed by atoms with Crippen LogP contribution in [0.4, 0.5) is 0 Å². The van der Waals surface area contributed by atoms with Crippen molar-refractivity contribution in [3.63, 3.8) is 0 Å². The molecule has 0 bridgehead atoms. The van der Waals surface area contributed by atoms with Gasteiger partial charge in [0.15, 0.2) is 0 Å². The van der Waals surface area contributed by atoms with Gasteiger partial charge in [-0.1, -0.05) is 17.7 Å². The van der Waals surface area contributed by atoms with Crippen LogP contribution >= 0.6 is 11.6 Å². The van der Waals surface area contributed by atoms with Gasteiger partial charge in [0.05, 0.1) is 0 Å². The predicted molar refractivity (Wildman–Crippen MR) is 99.5 cm³/mol. The number of nitrogens with zero attached hydrogens (tertiary/aromatic N) is 2. The molecule has 1 heterocycles. The van der Waals surface area contributed by atoms with E-state index in [-0.39, 0.29) is 5.54 Å².